The predicted molar refractivity (Wildman–Crippen MR) is 104 cm³/mol. The lowest BCUT2D eigenvalue weighted by molar-refractivity contribution is 0.0224. The van der Waals surface area contributed by atoms with Crippen molar-refractivity contribution >= 4 is 5.97 Å². The van der Waals surface area contributed by atoms with Gasteiger partial charge in [0.2, 0.25) is 0 Å². The van der Waals surface area contributed by atoms with Crippen LogP contribution in [0, 0.1) is 17.3 Å². The van der Waals surface area contributed by atoms with Gasteiger partial charge < -0.3 is 9.47 Å². The lowest BCUT2D eigenvalue weighted by Gasteiger charge is -2.48. The van der Waals surface area contributed by atoms with Crippen molar-refractivity contribution in [1.82, 2.24) is 0 Å². The van der Waals surface area contributed by atoms with Crippen molar-refractivity contribution in [2.24, 2.45) is 17.3 Å². The average molecular weight is 354 g/mol. The molecule has 0 N–H and O–H groups in total. The molecule has 0 aromatic heterocycles. The molecule has 0 radical (unpaired) electrons. The molecule has 1 fully saturated rings. The quantitative estimate of drug-likeness (QED) is 0.524. The molecule has 0 amide bonds. The standard InChI is InChI=1S/C23H30O3/c1-15(2)18-6-9-19-13-21(12-16(3)23(19,4)14-18)26-22(24)17-7-10-20(25-5)11-8-17/h7-8,10-11,13,16,18,21H,1,6,9,12,14H2,2-5H3/t16?,18-,21-,23+/m1/s1. The highest BCUT2D eigenvalue weighted by Crippen LogP contribution is 2.53. The molecule has 2 aliphatic rings. The number of benzene rings is 1. The second-order valence-corrected chi connectivity index (χ2v) is 8.20. The van der Waals surface area contributed by atoms with Gasteiger partial charge in [-0.25, -0.2) is 4.79 Å². The van der Waals surface area contributed by atoms with Gasteiger partial charge in [-0.1, -0.05) is 31.6 Å². The summed E-state index contributed by atoms with van der Waals surface area (Å²) in [5, 5.41) is 0. The first-order valence-corrected chi connectivity index (χ1v) is 9.55. The van der Waals surface area contributed by atoms with Gasteiger partial charge in [0.1, 0.15) is 11.9 Å². The largest absolute Gasteiger partial charge is 0.497 e. The third kappa shape index (κ3) is 3.58. The molecule has 3 rings (SSSR count). The van der Waals surface area contributed by atoms with Gasteiger partial charge in [-0.05, 0) is 80.2 Å². The van der Waals surface area contributed by atoms with E-state index < -0.39 is 0 Å². The van der Waals surface area contributed by atoms with Crippen LogP contribution in [0.15, 0.2) is 48.1 Å². The molecule has 2 aliphatic carbocycles. The van der Waals surface area contributed by atoms with Gasteiger partial charge in [0.05, 0.1) is 12.7 Å². The lowest BCUT2D eigenvalue weighted by Crippen LogP contribution is -2.40. The Balaban J connectivity index is 1.73. The fourth-order valence-corrected chi connectivity index (χ4v) is 4.49. The summed E-state index contributed by atoms with van der Waals surface area (Å²) in [7, 11) is 1.61. The fraction of sp³-hybridized carbons (Fsp3) is 0.522. The highest BCUT2D eigenvalue weighted by atomic mass is 16.5. The zero-order valence-electron chi connectivity index (χ0n) is 16.4. The zero-order valence-corrected chi connectivity index (χ0v) is 16.4. The monoisotopic (exact) mass is 354 g/mol. The lowest BCUT2D eigenvalue weighted by atomic mass is 9.57. The number of carbonyl (C=O) groups excluding carboxylic acids is 1. The maximum atomic E-state index is 12.5. The molecule has 0 bridgehead atoms. The number of carbonyl (C=O) groups is 1. The molecular weight excluding hydrogens is 324 g/mol. The Morgan fingerprint density at radius 3 is 2.58 bits per heavy atom. The molecule has 3 heteroatoms. The molecule has 1 saturated carbocycles. The minimum absolute atomic E-state index is 0.135. The Kier molecular flexibility index (Phi) is 5.27. The topological polar surface area (TPSA) is 35.5 Å². The number of esters is 1. The summed E-state index contributed by atoms with van der Waals surface area (Å²) < 4.78 is 11.0. The summed E-state index contributed by atoms with van der Waals surface area (Å²) in [5.41, 5.74) is 3.52. The van der Waals surface area contributed by atoms with Crippen molar-refractivity contribution in [3.8, 4) is 5.75 Å². The van der Waals surface area contributed by atoms with E-state index in [-0.39, 0.29) is 17.5 Å². The van der Waals surface area contributed by atoms with Crippen LogP contribution in [0.4, 0.5) is 0 Å². The molecule has 0 spiro atoms. The average Bonchev–Trinajstić information content (AvgIpc) is 2.62. The summed E-state index contributed by atoms with van der Waals surface area (Å²) in [5.74, 6) is 1.57. The Morgan fingerprint density at radius 2 is 1.96 bits per heavy atom. The van der Waals surface area contributed by atoms with E-state index in [2.05, 4.69) is 33.4 Å². The van der Waals surface area contributed by atoms with E-state index in [1.165, 1.54) is 11.1 Å². The number of rotatable bonds is 4. The second kappa shape index (κ2) is 7.30. The van der Waals surface area contributed by atoms with Crippen LogP contribution in [0.1, 0.15) is 56.8 Å². The van der Waals surface area contributed by atoms with Crippen LogP contribution in [0.2, 0.25) is 0 Å². The molecule has 4 atom stereocenters. The summed E-state index contributed by atoms with van der Waals surface area (Å²) >= 11 is 0. The van der Waals surface area contributed by atoms with Crippen molar-refractivity contribution in [3.05, 3.63) is 53.6 Å². The molecule has 1 unspecified atom stereocenters. The van der Waals surface area contributed by atoms with E-state index in [9.17, 15) is 4.79 Å². The number of fused-ring (bicyclic) bond motifs is 1. The van der Waals surface area contributed by atoms with E-state index >= 15 is 0 Å². The van der Waals surface area contributed by atoms with E-state index in [1.54, 1.807) is 31.4 Å². The number of ether oxygens (including phenoxy) is 2. The molecular formula is C23H30O3. The third-order valence-corrected chi connectivity index (χ3v) is 6.51. The van der Waals surface area contributed by atoms with Crippen LogP contribution in [-0.2, 0) is 4.74 Å². The van der Waals surface area contributed by atoms with Crippen LogP contribution < -0.4 is 4.74 Å². The van der Waals surface area contributed by atoms with E-state index in [4.69, 9.17) is 9.47 Å². The normalized spacial score (nSPS) is 30.8. The first kappa shape index (κ1) is 18.8. The Bertz CT molecular complexity index is 715. The third-order valence-electron chi connectivity index (χ3n) is 6.51. The summed E-state index contributed by atoms with van der Waals surface area (Å²) in [6.45, 7) is 11.0. The number of allylic oxidation sites excluding steroid dienone is 2. The van der Waals surface area contributed by atoms with Gasteiger partial charge in [0.25, 0.3) is 0 Å². The van der Waals surface area contributed by atoms with Crippen LogP contribution in [-0.4, -0.2) is 19.2 Å². The Hall–Kier alpha value is -2.03. The van der Waals surface area contributed by atoms with Gasteiger partial charge >= 0.3 is 5.97 Å². The fourth-order valence-electron chi connectivity index (χ4n) is 4.49. The van der Waals surface area contributed by atoms with Gasteiger partial charge in [0, 0.05) is 0 Å². The molecule has 0 aliphatic heterocycles. The molecule has 1 aromatic rings. The highest BCUT2D eigenvalue weighted by Gasteiger charge is 2.44. The van der Waals surface area contributed by atoms with Crippen LogP contribution in [0.3, 0.4) is 0 Å². The first-order chi connectivity index (χ1) is 12.3. The first-order valence-electron chi connectivity index (χ1n) is 9.55. The summed E-state index contributed by atoms with van der Waals surface area (Å²) in [6.07, 6.45) is 6.36. The van der Waals surface area contributed by atoms with Crippen LogP contribution in [0.25, 0.3) is 0 Å². The molecule has 0 heterocycles. The minimum Gasteiger partial charge on any atom is -0.497 e. The van der Waals surface area contributed by atoms with Gasteiger partial charge in [-0.3, -0.25) is 0 Å². The second-order valence-electron chi connectivity index (χ2n) is 8.20. The maximum Gasteiger partial charge on any atom is 0.338 e. The SMILES string of the molecule is C=C(C)[C@@H]1CCC2=C[C@H](OC(=O)c3ccc(OC)cc3)CC(C)[C@]2(C)C1. The van der Waals surface area contributed by atoms with Gasteiger partial charge in [-0.15, -0.1) is 0 Å². The van der Waals surface area contributed by atoms with E-state index in [1.807, 2.05) is 0 Å². The van der Waals surface area contributed by atoms with Gasteiger partial charge in [-0.2, -0.15) is 0 Å². The molecule has 0 saturated heterocycles. The Labute approximate surface area is 157 Å². The molecule has 1 aromatic carbocycles. The summed E-state index contributed by atoms with van der Waals surface area (Å²) in [6, 6.07) is 7.08. The van der Waals surface area contributed by atoms with Crippen molar-refractivity contribution in [1.29, 1.82) is 0 Å². The van der Waals surface area contributed by atoms with Crippen molar-refractivity contribution in [2.75, 3.05) is 7.11 Å². The maximum absolute atomic E-state index is 12.5. The molecule has 3 nitrogen and oxygen atoms in total. The highest BCUT2D eigenvalue weighted by molar-refractivity contribution is 5.89. The number of hydrogen-bond acceptors (Lipinski definition) is 3. The van der Waals surface area contributed by atoms with Gasteiger partial charge in [0.15, 0.2) is 0 Å². The number of hydrogen-bond donors (Lipinski definition) is 0. The van der Waals surface area contributed by atoms with Crippen molar-refractivity contribution in [3.63, 3.8) is 0 Å². The van der Waals surface area contributed by atoms with Crippen molar-refractivity contribution < 1.29 is 14.3 Å². The minimum atomic E-state index is -0.263. The molecule has 140 valence electrons. The number of methoxy groups -OCH3 is 1. The van der Waals surface area contributed by atoms with E-state index in [0.29, 0.717) is 17.4 Å². The molecule has 26 heavy (non-hydrogen) atoms. The van der Waals surface area contributed by atoms with E-state index in [0.717, 1.165) is 31.4 Å². The van der Waals surface area contributed by atoms with Crippen LogP contribution in [0.5, 0.6) is 5.75 Å². The zero-order chi connectivity index (χ0) is 18.9. The smallest absolute Gasteiger partial charge is 0.338 e. The summed E-state index contributed by atoms with van der Waals surface area (Å²) in [4.78, 5) is 12.5. The Morgan fingerprint density at radius 1 is 1.27 bits per heavy atom. The predicted octanol–water partition coefficient (Wildman–Crippen LogP) is 5.57. The van der Waals surface area contributed by atoms with Crippen LogP contribution >= 0.6 is 0 Å². The van der Waals surface area contributed by atoms with Crippen molar-refractivity contribution in [2.45, 2.75) is 52.6 Å².